The molecule has 0 spiro atoms. The number of hydrogen-bond donors (Lipinski definition) is 2. The molecule has 2 aromatic rings. The van der Waals surface area contributed by atoms with E-state index < -0.39 is 5.97 Å². The molecule has 0 aliphatic carbocycles. The van der Waals surface area contributed by atoms with E-state index >= 15 is 0 Å². The van der Waals surface area contributed by atoms with Crippen LogP contribution in [0.4, 0.5) is 10.8 Å². The Balaban J connectivity index is 2.06. The molecule has 0 aliphatic rings. The smallest absolute Gasteiger partial charge is 0.335 e. The number of aromatic carboxylic acids is 1. The fourth-order valence-corrected chi connectivity index (χ4v) is 2.08. The van der Waals surface area contributed by atoms with E-state index in [1.165, 1.54) is 11.5 Å². The molecule has 0 aliphatic heterocycles. The number of aromatic nitrogens is 2. The molecule has 1 aromatic carbocycles. The largest absolute Gasteiger partial charge is 0.478 e. The predicted octanol–water partition coefficient (Wildman–Crippen LogP) is 2.93. The third-order valence-corrected chi connectivity index (χ3v) is 2.99. The lowest BCUT2D eigenvalue weighted by atomic mass is 10.2. The first-order chi connectivity index (χ1) is 8.69. The minimum Gasteiger partial charge on any atom is -0.478 e. The molecule has 5 nitrogen and oxygen atoms in total. The average Bonchev–Trinajstić information content (AvgIpc) is 2.78. The Bertz CT molecular complexity index is 537. The SMILES string of the molecule is CCCc1nsc(Nc2ccc(C(=O)O)cc2)n1. The van der Waals surface area contributed by atoms with Crippen LogP contribution in [0.15, 0.2) is 24.3 Å². The van der Waals surface area contributed by atoms with E-state index in [-0.39, 0.29) is 5.56 Å². The summed E-state index contributed by atoms with van der Waals surface area (Å²) < 4.78 is 4.22. The fraction of sp³-hybridized carbons (Fsp3) is 0.250. The molecule has 18 heavy (non-hydrogen) atoms. The summed E-state index contributed by atoms with van der Waals surface area (Å²) in [7, 11) is 0. The van der Waals surface area contributed by atoms with Crippen molar-refractivity contribution in [2.45, 2.75) is 19.8 Å². The number of carbonyl (C=O) groups is 1. The van der Waals surface area contributed by atoms with Gasteiger partial charge in [-0.05, 0) is 30.7 Å². The van der Waals surface area contributed by atoms with E-state index in [9.17, 15) is 4.79 Å². The number of carboxylic acid groups (broad SMARTS) is 1. The molecule has 2 N–H and O–H groups in total. The van der Waals surface area contributed by atoms with Gasteiger partial charge in [-0.3, -0.25) is 0 Å². The molecular formula is C12H13N3O2S. The molecule has 0 saturated carbocycles. The molecule has 2 rings (SSSR count). The van der Waals surface area contributed by atoms with Gasteiger partial charge in [0.05, 0.1) is 5.56 Å². The Labute approximate surface area is 109 Å². The van der Waals surface area contributed by atoms with Crippen molar-refractivity contribution in [2.24, 2.45) is 0 Å². The highest BCUT2D eigenvalue weighted by Crippen LogP contribution is 2.19. The van der Waals surface area contributed by atoms with E-state index in [2.05, 4.69) is 21.6 Å². The summed E-state index contributed by atoms with van der Waals surface area (Å²) in [4.78, 5) is 15.0. The minimum absolute atomic E-state index is 0.268. The highest BCUT2D eigenvalue weighted by atomic mass is 32.1. The van der Waals surface area contributed by atoms with Gasteiger partial charge in [0.1, 0.15) is 5.82 Å². The lowest BCUT2D eigenvalue weighted by molar-refractivity contribution is 0.0697. The Morgan fingerprint density at radius 2 is 2.11 bits per heavy atom. The maximum atomic E-state index is 10.7. The van der Waals surface area contributed by atoms with Gasteiger partial charge in [-0.2, -0.15) is 4.37 Å². The van der Waals surface area contributed by atoms with Crippen LogP contribution in [0.5, 0.6) is 0 Å². The quantitative estimate of drug-likeness (QED) is 0.867. The Morgan fingerprint density at radius 3 is 2.72 bits per heavy atom. The summed E-state index contributed by atoms with van der Waals surface area (Å²) in [5.41, 5.74) is 1.07. The van der Waals surface area contributed by atoms with E-state index in [1.807, 2.05) is 0 Å². The van der Waals surface area contributed by atoms with Gasteiger partial charge < -0.3 is 10.4 Å². The fourth-order valence-electron chi connectivity index (χ4n) is 1.45. The van der Waals surface area contributed by atoms with Crippen molar-refractivity contribution in [3.63, 3.8) is 0 Å². The van der Waals surface area contributed by atoms with Crippen molar-refractivity contribution in [1.29, 1.82) is 0 Å². The lowest BCUT2D eigenvalue weighted by Crippen LogP contribution is -1.96. The van der Waals surface area contributed by atoms with Crippen LogP contribution in [0.2, 0.25) is 0 Å². The van der Waals surface area contributed by atoms with Crippen LogP contribution in [0, 0.1) is 0 Å². The maximum absolute atomic E-state index is 10.7. The highest BCUT2D eigenvalue weighted by Gasteiger charge is 2.05. The summed E-state index contributed by atoms with van der Waals surface area (Å²) in [5, 5.41) is 12.6. The number of benzene rings is 1. The number of anilines is 2. The first-order valence-corrected chi connectivity index (χ1v) is 6.39. The zero-order valence-electron chi connectivity index (χ0n) is 9.88. The molecule has 0 radical (unpaired) electrons. The number of nitrogens with one attached hydrogen (secondary N) is 1. The predicted molar refractivity (Wildman–Crippen MR) is 70.6 cm³/mol. The topological polar surface area (TPSA) is 75.1 Å². The molecule has 94 valence electrons. The average molecular weight is 263 g/mol. The van der Waals surface area contributed by atoms with Gasteiger partial charge in [0.25, 0.3) is 0 Å². The Kier molecular flexibility index (Phi) is 3.88. The van der Waals surface area contributed by atoms with Crippen molar-refractivity contribution >= 4 is 28.3 Å². The second-order valence-corrected chi connectivity index (χ2v) is 4.53. The summed E-state index contributed by atoms with van der Waals surface area (Å²) in [5.74, 6) is -0.0881. The first kappa shape index (κ1) is 12.5. The van der Waals surface area contributed by atoms with Gasteiger partial charge in [-0.25, -0.2) is 9.78 Å². The van der Waals surface area contributed by atoms with Crippen LogP contribution in [-0.4, -0.2) is 20.4 Å². The normalized spacial score (nSPS) is 10.3. The maximum Gasteiger partial charge on any atom is 0.335 e. The van der Waals surface area contributed by atoms with Gasteiger partial charge in [-0.15, -0.1) is 0 Å². The number of carboxylic acids is 1. The molecular weight excluding hydrogens is 250 g/mol. The summed E-state index contributed by atoms with van der Waals surface area (Å²) in [6.45, 7) is 2.08. The molecule has 1 heterocycles. The van der Waals surface area contributed by atoms with Crippen LogP contribution in [0.25, 0.3) is 0 Å². The van der Waals surface area contributed by atoms with Crippen LogP contribution in [0.1, 0.15) is 29.5 Å². The third kappa shape index (κ3) is 3.04. The number of rotatable bonds is 5. The van der Waals surface area contributed by atoms with Gasteiger partial charge in [0.15, 0.2) is 0 Å². The molecule has 0 amide bonds. The van der Waals surface area contributed by atoms with Gasteiger partial charge in [0.2, 0.25) is 5.13 Å². The molecule has 0 saturated heterocycles. The molecule has 1 aromatic heterocycles. The van der Waals surface area contributed by atoms with Crippen molar-refractivity contribution < 1.29 is 9.90 Å². The van der Waals surface area contributed by atoms with E-state index in [4.69, 9.17) is 5.11 Å². The van der Waals surface area contributed by atoms with E-state index in [0.717, 1.165) is 29.5 Å². The molecule has 0 bridgehead atoms. The zero-order chi connectivity index (χ0) is 13.0. The highest BCUT2D eigenvalue weighted by molar-refractivity contribution is 7.09. The lowest BCUT2D eigenvalue weighted by Gasteiger charge is -2.01. The van der Waals surface area contributed by atoms with Crippen LogP contribution in [-0.2, 0) is 6.42 Å². The molecule has 6 heteroatoms. The zero-order valence-corrected chi connectivity index (χ0v) is 10.7. The summed E-state index contributed by atoms with van der Waals surface area (Å²) >= 11 is 1.31. The van der Waals surface area contributed by atoms with E-state index in [0.29, 0.717) is 0 Å². The Hall–Kier alpha value is -1.95. The van der Waals surface area contributed by atoms with Crippen molar-refractivity contribution in [2.75, 3.05) is 5.32 Å². The van der Waals surface area contributed by atoms with Crippen molar-refractivity contribution in [3.8, 4) is 0 Å². The second kappa shape index (κ2) is 5.59. The van der Waals surface area contributed by atoms with Crippen molar-refractivity contribution in [1.82, 2.24) is 9.36 Å². The molecule has 0 unspecified atom stereocenters. The number of aryl methyl sites for hydroxylation is 1. The van der Waals surface area contributed by atoms with Gasteiger partial charge >= 0.3 is 5.97 Å². The minimum atomic E-state index is -0.928. The van der Waals surface area contributed by atoms with E-state index in [1.54, 1.807) is 24.3 Å². The van der Waals surface area contributed by atoms with Crippen LogP contribution >= 0.6 is 11.5 Å². The third-order valence-electron chi connectivity index (χ3n) is 2.32. The Morgan fingerprint density at radius 1 is 1.39 bits per heavy atom. The standard InChI is InChI=1S/C12H13N3O2S/c1-2-3-10-14-12(18-15-10)13-9-6-4-8(5-7-9)11(16)17/h4-7H,2-3H2,1H3,(H,16,17)(H,13,14,15). The van der Waals surface area contributed by atoms with Crippen LogP contribution < -0.4 is 5.32 Å². The number of hydrogen-bond acceptors (Lipinski definition) is 5. The monoisotopic (exact) mass is 263 g/mol. The summed E-state index contributed by atoms with van der Waals surface area (Å²) in [6, 6.07) is 6.53. The van der Waals surface area contributed by atoms with Crippen LogP contribution in [0.3, 0.4) is 0 Å². The summed E-state index contributed by atoms with van der Waals surface area (Å²) in [6.07, 6.45) is 1.89. The molecule has 0 atom stereocenters. The number of nitrogens with zero attached hydrogens (tertiary/aromatic N) is 2. The second-order valence-electron chi connectivity index (χ2n) is 3.77. The van der Waals surface area contributed by atoms with Gasteiger partial charge in [0, 0.05) is 23.6 Å². The molecule has 0 fully saturated rings. The first-order valence-electron chi connectivity index (χ1n) is 5.62. The van der Waals surface area contributed by atoms with Crippen molar-refractivity contribution in [3.05, 3.63) is 35.7 Å². The van der Waals surface area contributed by atoms with Gasteiger partial charge in [-0.1, -0.05) is 6.92 Å².